The van der Waals surface area contributed by atoms with Crippen molar-refractivity contribution < 1.29 is 5.11 Å². The molecule has 0 unspecified atom stereocenters. The van der Waals surface area contributed by atoms with Gasteiger partial charge in [-0.2, -0.15) is 5.10 Å². The minimum absolute atomic E-state index is 0.0984. The molecule has 1 fully saturated rings. The average Bonchev–Trinajstić information content (AvgIpc) is 3.02. The van der Waals surface area contributed by atoms with Gasteiger partial charge in [-0.15, -0.1) is 0 Å². The number of benzene rings is 1. The number of rotatable bonds is 7. The largest absolute Gasteiger partial charge is 0.396 e. The fourth-order valence-corrected chi connectivity index (χ4v) is 4.37. The lowest BCUT2D eigenvalue weighted by Gasteiger charge is -2.28. The van der Waals surface area contributed by atoms with E-state index >= 15 is 0 Å². The number of aryl methyl sites for hydroxylation is 1. The zero-order chi connectivity index (χ0) is 19.4. The first-order valence-electron chi connectivity index (χ1n) is 10.3. The molecule has 148 valence electrons. The fraction of sp³-hybridized carbons (Fsp3) is 0.609. The number of aliphatic hydroxyl groups excluding tert-OH is 1. The molecule has 1 aromatic carbocycles. The van der Waals surface area contributed by atoms with Crippen molar-refractivity contribution in [2.24, 2.45) is 12.5 Å². The van der Waals surface area contributed by atoms with Gasteiger partial charge < -0.3 is 10.0 Å². The van der Waals surface area contributed by atoms with E-state index in [1.165, 1.54) is 48.8 Å². The quantitative estimate of drug-likeness (QED) is 0.776. The summed E-state index contributed by atoms with van der Waals surface area (Å²) in [7, 11) is 4.10. The molecule has 1 aliphatic rings. The van der Waals surface area contributed by atoms with E-state index in [2.05, 4.69) is 56.3 Å². The second-order valence-corrected chi connectivity index (χ2v) is 9.13. The molecule has 2 aromatic rings. The molecule has 1 saturated carbocycles. The van der Waals surface area contributed by atoms with Gasteiger partial charge in [0.1, 0.15) is 0 Å². The van der Waals surface area contributed by atoms with E-state index in [9.17, 15) is 5.11 Å². The Morgan fingerprint density at radius 3 is 2.44 bits per heavy atom. The highest BCUT2D eigenvalue weighted by Gasteiger charge is 2.21. The lowest BCUT2D eigenvalue weighted by Crippen LogP contribution is -2.33. The van der Waals surface area contributed by atoms with E-state index in [4.69, 9.17) is 5.10 Å². The van der Waals surface area contributed by atoms with Crippen molar-refractivity contribution in [1.29, 1.82) is 0 Å². The molecule has 4 nitrogen and oxygen atoms in total. The highest BCUT2D eigenvalue weighted by atomic mass is 16.3. The molecular formula is C23H35N3O. The van der Waals surface area contributed by atoms with Crippen LogP contribution in [0.15, 0.2) is 30.5 Å². The standard InChI is InChI=1S/C23H35N3O/c1-23(2,17-27)16-25(3)14-21-15-26(4)24-22(21)20-12-10-19(11-13-20)18-8-6-5-7-9-18/h10-13,15,18,27H,5-9,14,16-17H2,1-4H3. The van der Waals surface area contributed by atoms with Crippen LogP contribution in [0.2, 0.25) is 0 Å². The normalized spacial score (nSPS) is 16.2. The van der Waals surface area contributed by atoms with Gasteiger partial charge in [0, 0.05) is 49.5 Å². The van der Waals surface area contributed by atoms with Gasteiger partial charge in [0.05, 0.1) is 5.69 Å². The number of nitrogens with zero attached hydrogens (tertiary/aromatic N) is 3. The molecule has 0 saturated heterocycles. The van der Waals surface area contributed by atoms with E-state index in [0.29, 0.717) is 0 Å². The number of aromatic nitrogens is 2. The van der Waals surface area contributed by atoms with Gasteiger partial charge in [-0.3, -0.25) is 4.68 Å². The van der Waals surface area contributed by atoms with Crippen LogP contribution in [-0.4, -0.2) is 40.0 Å². The van der Waals surface area contributed by atoms with Crippen LogP contribution in [-0.2, 0) is 13.6 Å². The summed E-state index contributed by atoms with van der Waals surface area (Å²) >= 11 is 0. The molecule has 27 heavy (non-hydrogen) atoms. The average molecular weight is 370 g/mol. The number of hydrogen-bond acceptors (Lipinski definition) is 3. The van der Waals surface area contributed by atoms with Crippen LogP contribution < -0.4 is 0 Å². The summed E-state index contributed by atoms with van der Waals surface area (Å²) in [6.07, 6.45) is 8.92. The molecule has 1 heterocycles. The second kappa shape index (κ2) is 8.57. The van der Waals surface area contributed by atoms with Gasteiger partial charge >= 0.3 is 0 Å². The third-order valence-corrected chi connectivity index (χ3v) is 5.73. The maximum absolute atomic E-state index is 9.54. The van der Waals surface area contributed by atoms with Crippen LogP contribution >= 0.6 is 0 Å². The van der Waals surface area contributed by atoms with E-state index in [0.717, 1.165) is 24.7 Å². The minimum atomic E-state index is -0.0984. The third-order valence-electron chi connectivity index (χ3n) is 5.73. The van der Waals surface area contributed by atoms with Gasteiger partial charge in [0.25, 0.3) is 0 Å². The van der Waals surface area contributed by atoms with E-state index in [1.54, 1.807) is 0 Å². The zero-order valence-corrected chi connectivity index (χ0v) is 17.4. The summed E-state index contributed by atoms with van der Waals surface area (Å²) in [6.45, 7) is 6.06. The lowest BCUT2D eigenvalue weighted by molar-refractivity contribution is 0.112. The van der Waals surface area contributed by atoms with Crippen LogP contribution in [0.1, 0.15) is 63.0 Å². The van der Waals surface area contributed by atoms with Gasteiger partial charge in [0.15, 0.2) is 0 Å². The van der Waals surface area contributed by atoms with Crippen LogP contribution in [0.4, 0.5) is 0 Å². The number of hydrogen-bond donors (Lipinski definition) is 1. The Bertz CT molecular complexity index is 727. The Balaban J connectivity index is 1.75. The van der Waals surface area contributed by atoms with E-state index in [1.807, 2.05) is 11.7 Å². The Labute approximate surface area is 164 Å². The maximum Gasteiger partial charge on any atom is 0.0968 e. The molecule has 0 bridgehead atoms. The van der Waals surface area contributed by atoms with E-state index < -0.39 is 0 Å². The smallest absolute Gasteiger partial charge is 0.0968 e. The zero-order valence-electron chi connectivity index (χ0n) is 17.4. The van der Waals surface area contributed by atoms with E-state index in [-0.39, 0.29) is 12.0 Å². The molecule has 0 atom stereocenters. The van der Waals surface area contributed by atoms with Crippen molar-refractivity contribution in [2.45, 2.75) is 58.4 Å². The van der Waals surface area contributed by atoms with Crippen molar-refractivity contribution in [1.82, 2.24) is 14.7 Å². The summed E-state index contributed by atoms with van der Waals surface area (Å²) in [6, 6.07) is 9.10. The predicted molar refractivity (Wildman–Crippen MR) is 112 cm³/mol. The molecular weight excluding hydrogens is 334 g/mol. The van der Waals surface area contributed by atoms with Crippen molar-refractivity contribution in [3.63, 3.8) is 0 Å². The summed E-state index contributed by atoms with van der Waals surface area (Å²) in [5.74, 6) is 0.739. The van der Waals surface area contributed by atoms with Crippen molar-refractivity contribution in [3.05, 3.63) is 41.6 Å². The number of aliphatic hydroxyl groups is 1. The Morgan fingerprint density at radius 1 is 1.15 bits per heavy atom. The van der Waals surface area contributed by atoms with Crippen LogP contribution in [0, 0.1) is 5.41 Å². The summed E-state index contributed by atoms with van der Waals surface area (Å²) in [5, 5.41) is 14.3. The maximum atomic E-state index is 9.54. The SMILES string of the molecule is CN(Cc1cn(C)nc1-c1ccc(C2CCCCC2)cc1)CC(C)(C)CO. The molecule has 4 heteroatoms. The molecule has 1 aromatic heterocycles. The second-order valence-electron chi connectivity index (χ2n) is 9.13. The first kappa shape index (κ1) is 20.1. The van der Waals surface area contributed by atoms with Crippen molar-refractivity contribution in [2.75, 3.05) is 20.2 Å². The Morgan fingerprint density at radius 2 is 1.81 bits per heavy atom. The van der Waals surface area contributed by atoms with Gasteiger partial charge in [-0.25, -0.2) is 0 Å². The molecule has 3 rings (SSSR count). The van der Waals surface area contributed by atoms with Gasteiger partial charge in [-0.1, -0.05) is 57.4 Å². The van der Waals surface area contributed by atoms with Crippen LogP contribution in [0.3, 0.4) is 0 Å². The Hall–Kier alpha value is -1.65. The molecule has 0 aliphatic heterocycles. The van der Waals surface area contributed by atoms with Crippen LogP contribution in [0.25, 0.3) is 11.3 Å². The minimum Gasteiger partial charge on any atom is -0.396 e. The molecule has 0 amide bonds. The van der Waals surface area contributed by atoms with Crippen molar-refractivity contribution in [3.8, 4) is 11.3 Å². The third kappa shape index (κ3) is 5.20. The Kier molecular flexibility index (Phi) is 6.38. The lowest BCUT2D eigenvalue weighted by atomic mass is 9.84. The molecule has 0 spiro atoms. The fourth-order valence-electron chi connectivity index (χ4n) is 4.37. The van der Waals surface area contributed by atoms with Gasteiger partial charge in [0.2, 0.25) is 0 Å². The topological polar surface area (TPSA) is 41.3 Å². The first-order valence-corrected chi connectivity index (χ1v) is 10.3. The molecule has 1 N–H and O–H groups in total. The van der Waals surface area contributed by atoms with Crippen LogP contribution in [0.5, 0.6) is 0 Å². The first-order chi connectivity index (χ1) is 12.9. The van der Waals surface area contributed by atoms with Gasteiger partial charge in [-0.05, 0) is 31.4 Å². The molecule has 1 aliphatic carbocycles. The van der Waals surface area contributed by atoms with Crippen molar-refractivity contribution >= 4 is 0 Å². The predicted octanol–water partition coefficient (Wildman–Crippen LogP) is 4.59. The monoisotopic (exact) mass is 369 g/mol. The summed E-state index contributed by atoms with van der Waals surface area (Å²) < 4.78 is 1.91. The highest BCUT2D eigenvalue weighted by Crippen LogP contribution is 2.34. The molecule has 0 radical (unpaired) electrons. The highest BCUT2D eigenvalue weighted by molar-refractivity contribution is 5.63. The summed E-state index contributed by atoms with van der Waals surface area (Å²) in [4.78, 5) is 2.27. The summed E-state index contributed by atoms with van der Waals surface area (Å²) in [5.41, 5.74) is 4.89.